The Morgan fingerprint density at radius 1 is 0.763 bits per heavy atom. The Bertz CT molecular complexity index is 649. The van der Waals surface area contributed by atoms with E-state index in [2.05, 4.69) is 29.4 Å². The van der Waals surface area contributed by atoms with Gasteiger partial charge in [0.15, 0.2) is 0 Å². The molecule has 0 bridgehead atoms. The van der Waals surface area contributed by atoms with Gasteiger partial charge < -0.3 is 19.5 Å². The monoisotopic (exact) mass is 676 g/mol. The van der Waals surface area contributed by atoms with Gasteiger partial charge >= 0.3 is 120 Å². The molecule has 0 radical (unpaired) electrons. The number of Topliss-reactive ketones (excluding diaryl/α,β-unsaturated/α-hetero) is 1. The molecule has 0 spiro atoms. The minimum absolute atomic E-state index is 0.0367. The van der Waals surface area contributed by atoms with E-state index in [1.54, 1.807) is 0 Å². The van der Waals surface area contributed by atoms with Gasteiger partial charge in [-0.1, -0.05) is 13.8 Å². The Kier molecular flexibility index (Phi) is 21.5. The number of alkyl carbamates (subject to hydrolysis) is 1. The number of amides is 2. The number of hydrogen-bond donors (Lipinski definition) is 2. The Morgan fingerprint density at radius 3 is 1.76 bits per heavy atom. The van der Waals surface area contributed by atoms with Crippen LogP contribution in [-0.4, -0.2) is 105 Å². The molecule has 10 nitrogen and oxygen atoms in total. The Hall–Kier alpha value is -0.670. The zero-order chi connectivity index (χ0) is 28.0. The second-order valence-corrected chi connectivity index (χ2v) is 19.9. The molecule has 2 amide bonds. The summed E-state index contributed by atoms with van der Waals surface area (Å²) in [5, 5.41) is 6.24. The third-order valence-electron chi connectivity index (χ3n) is 5.64. The Morgan fingerprint density at radius 2 is 1.26 bits per heavy atom. The van der Waals surface area contributed by atoms with Crippen molar-refractivity contribution >= 4 is 45.2 Å². The molecule has 12 heteroatoms. The summed E-state index contributed by atoms with van der Waals surface area (Å²) in [4.78, 5) is 39.8. The molecule has 1 aliphatic rings. The van der Waals surface area contributed by atoms with Crippen LogP contribution in [0, 0.1) is 5.92 Å². The first-order valence-corrected chi connectivity index (χ1v) is 21.2. The second kappa shape index (κ2) is 23.1. The van der Waals surface area contributed by atoms with Crippen molar-refractivity contribution in [3.63, 3.8) is 0 Å². The summed E-state index contributed by atoms with van der Waals surface area (Å²) >= 11 is -0.755. The standard InChI is InChI=1S/C26H49IN2O8S/c1-21(2)24(30)9-10-25(31)28-11-13-33-15-17-35-19-20-36-18-16-34-14-12-29-26(32)37-22-5-7-23(8-6-22)38-27(3)4/h21-23H,5-20H2,1-4H3,(H,28,31)(H,29,32). The van der Waals surface area contributed by atoms with E-state index in [0.717, 1.165) is 30.9 Å². The maximum atomic E-state index is 11.9. The number of carbonyl (C=O) groups excluding carboxylic acids is 3. The summed E-state index contributed by atoms with van der Waals surface area (Å²) in [6.07, 6.45) is 4.39. The maximum absolute atomic E-state index is 11.9. The molecule has 1 rings (SSSR count). The van der Waals surface area contributed by atoms with E-state index in [1.165, 1.54) is 0 Å². The molecular weight excluding hydrogens is 627 g/mol. The fraction of sp³-hybridized carbons (Fsp3) is 0.885. The van der Waals surface area contributed by atoms with E-state index < -0.39 is 18.4 Å². The number of ketones is 1. The van der Waals surface area contributed by atoms with Crippen molar-refractivity contribution in [2.45, 2.75) is 63.7 Å². The molecule has 0 aromatic rings. The Labute approximate surface area is 238 Å². The quantitative estimate of drug-likeness (QED) is 0.101. The molecule has 1 aliphatic carbocycles. The normalized spacial score (nSPS) is 17.8. The molecule has 38 heavy (non-hydrogen) atoms. The number of rotatable bonds is 22. The topological polar surface area (TPSA) is 121 Å². The van der Waals surface area contributed by atoms with Gasteiger partial charge in [-0.3, -0.25) is 9.59 Å². The van der Waals surface area contributed by atoms with Crippen molar-refractivity contribution in [2.75, 3.05) is 75.8 Å². The molecule has 2 N–H and O–H groups in total. The summed E-state index contributed by atoms with van der Waals surface area (Å²) in [6.45, 7) is 7.97. The molecule has 0 saturated heterocycles. The predicted octanol–water partition coefficient (Wildman–Crippen LogP) is 3.63. The molecule has 0 atom stereocenters. The Balaban J connectivity index is 1.79. The third kappa shape index (κ3) is 20.3. The average molecular weight is 677 g/mol. The van der Waals surface area contributed by atoms with Crippen LogP contribution in [0.15, 0.2) is 0 Å². The fourth-order valence-corrected chi connectivity index (χ4v) is 10.3. The van der Waals surface area contributed by atoms with Crippen LogP contribution in [0.2, 0.25) is 0 Å². The molecule has 0 aromatic carbocycles. The summed E-state index contributed by atoms with van der Waals surface area (Å²) in [5.74, 6) is -0.0734. The van der Waals surface area contributed by atoms with Gasteiger partial charge in [0, 0.05) is 25.3 Å². The second-order valence-electron chi connectivity index (χ2n) is 9.43. The van der Waals surface area contributed by atoms with Crippen LogP contribution in [-0.2, 0) is 33.3 Å². The molecule has 0 heterocycles. The molecule has 224 valence electrons. The van der Waals surface area contributed by atoms with Crippen molar-refractivity contribution in [2.24, 2.45) is 5.92 Å². The van der Waals surface area contributed by atoms with E-state index in [-0.39, 0.29) is 42.6 Å². The van der Waals surface area contributed by atoms with Crippen LogP contribution >= 0.6 is 27.4 Å². The first-order valence-electron chi connectivity index (χ1n) is 13.5. The number of carbonyl (C=O) groups is 3. The number of alkyl halides is 2. The van der Waals surface area contributed by atoms with Gasteiger partial charge in [-0.25, -0.2) is 0 Å². The predicted molar refractivity (Wildman–Crippen MR) is 159 cm³/mol. The van der Waals surface area contributed by atoms with Crippen LogP contribution in [0.3, 0.4) is 0 Å². The van der Waals surface area contributed by atoms with Gasteiger partial charge in [0.05, 0.1) is 39.6 Å². The fourth-order valence-electron chi connectivity index (χ4n) is 3.55. The van der Waals surface area contributed by atoms with Crippen molar-refractivity contribution in [1.29, 1.82) is 0 Å². The minimum atomic E-state index is -0.755. The molecule has 0 aliphatic heterocycles. The third-order valence-corrected chi connectivity index (χ3v) is 11.9. The van der Waals surface area contributed by atoms with Gasteiger partial charge in [-0.15, -0.1) is 0 Å². The van der Waals surface area contributed by atoms with E-state index in [1.807, 2.05) is 13.8 Å². The van der Waals surface area contributed by atoms with Crippen LogP contribution in [0.5, 0.6) is 0 Å². The first kappa shape index (κ1) is 35.4. The zero-order valence-corrected chi connectivity index (χ0v) is 26.6. The molecular formula is C26H49IN2O8S. The summed E-state index contributed by atoms with van der Waals surface area (Å²) < 4.78 is 27.3. The van der Waals surface area contributed by atoms with Gasteiger partial charge in [0.25, 0.3) is 0 Å². The van der Waals surface area contributed by atoms with E-state index >= 15 is 0 Å². The SMILES string of the molecule is CC(C)C(=O)CCC(=O)NCCOCCOCCOCCOCCNC(=O)OC1CCC(SI(C)C)CC1. The van der Waals surface area contributed by atoms with Crippen molar-refractivity contribution in [1.82, 2.24) is 10.6 Å². The van der Waals surface area contributed by atoms with Gasteiger partial charge in [-0.05, 0) is 0 Å². The van der Waals surface area contributed by atoms with Crippen molar-refractivity contribution in [3.8, 4) is 0 Å². The summed E-state index contributed by atoms with van der Waals surface area (Å²) in [6, 6.07) is 0. The summed E-state index contributed by atoms with van der Waals surface area (Å²) in [5.41, 5.74) is 0. The van der Waals surface area contributed by atoms with E-state index in [9.17, 15) is 14.4 Å². The van der Waals surface area contributed by atoms with Crippen LogP contribution in [0.25, 0.3) is 0 Å². The van der Waals surface area contributed by atoms with E-state index in [4.69, 9.17) is 23.7 Å². The van der Waals surface area contributed by atoms with Crippen LogP contribution in [0.4, 0.5) is 4.79 Å². The summed E-state index contributed by atoms with van der Waals surface area (Å²) in [7, 11) is 2.18. The van der Waals surface area contributed by atoms with E-state index in [0.29, 0.717) is 65.9 Å². The van der Waals surface area contributed by atoms with Gasteiger partial charge in [-0.2, -0.15) is 0 Å². The van der Waals surface area contributed by atoms with Crippen molar-refractivity contribution in [3.05, 3.63) is 0 Å². The van der Waals surface area contributed by atoms with Crippen LogP contribution < -0.4 is 10.6 Å². The number of halogens is 1. The first-order chi connectivity index (χ1) is 18.3. The van der Waals surface area contributed by atoms with Crippen LogP contribution in [0.1, 0.15) is 52.4 Å². The number of hydrogen-bond acceptors (Lipinski definition) is 9. The molecule has 1 fully saturated rings. The molecule has 1 saturated carbocycles. The number of nitrogens with one attached hydrogen (secondary N) is 2. The van der Waals surface area contributed by atoms with Gasteiger partial charge in [0.1, 0.15) is 5.78 Å². The molecule has 0 aromatic heterocycles. The number of ether oxygens (including phenoxy) is 5. The van der Waals surface area contributed by atoms with Crippen molar-refractivity contribution < 1.29 is 38.1 Å². The zero-order valence-electron chi connectivity index (χ0n) is 23.6. The van der Waals surface area contributed by atoms with Gasteiger partial charge in [0.2, 0.25) is 5.91 Å². The average Bonchev–Trinajstić information content (AvgIpc) is 2.87. The molecule has 0 unspecified atom stereocenters.